The van der Waals surface area contributed by atoms with E-state index in [9.17, 15) is 0 Å². The summed E-state index contributed by atoms with van der Waals surface area (Å²) >= 11 is 0. The van der Waals surface area contributed by atoms with Crippen LogP contribution in [0.2, 0.25) is 0 Å². The Balaban J connectivity index is 2.09. The molecule has 18 heavy (non-hydrogen) atoms. The quantitative estimate of drug-likeness (QED) is 0.758. The molecule has 1 aromatic carbocycles. The van der Waals surface area contributed by atoms with Crippen molar-refractivity contribution in [1.82, 2.24) is 10.9 Å². The molecule has 4 nitrogen and oxygen atoms in total. The molecule has 1 aliphatic rings. The van der Waals surface area contributed by atoms with Crippen LogP contribution in [0.25, 0.3) is 0 Å². The van der Waals surface area contributed by atoms with Gasteiger partial charge in [-0.1, -0.05) is 12.1 Å². The summed E-state index contributed by atoms with van der Waals surface area (Å²) in [6.07, 6.45) is 0.207. The van der Waals surface area contributed by atoms with Crippen molar-refractivity contribution in [3.8, 4) is 5.75 Å². The molecular weight excluding hydrogens is 226 g/mol. The Hall–Kier alpha value is -1.10. The van der Waals surface area contributed by atoms with Crippen molar-refractivity contribution < 1.29 is 4.74 Å². The summed E-state index contributed by atoms with van der Waals surface area (Å²) in [6.45, 7) is 6.89. The maximum absolute atomic E-state index is 5.84. The molecule has 0 spiro atoms. The Morgan fingerprint density at radius 2 is 1.89 bits per heavy atom. The van der Waals surface area contributed by atoms with Crippen LogP contribution < -0.4 is 21.3 Å². The standard InChI is InChI=1S/C14H23N3O/c1-9(2)18-12-6-4-11(5-7-12)14-13(8-15)10(3)16-17-14/h4-7,9-10,13-14,16-17H,8,15H2,1-3H3. The average Bonchev–Trinajstić information content (AvgIpc) is 2.70. The van der Waals surface area contributed by atoms with Crippen LogP contribution >= 0.6 is 0 Å². The van der Waals surface area contributed by atoms with E-state index in [1.165, 1.54) is 5.56 Å². The fraction of sp³-hybridized carbons (Fsp3) is 0.571. The predicted octanol–water partition coefficient (Wildman–Crippen LogP) is 1.59. The summed E-state index contributed by atoms with van der Waals surface area (Å²) in [7, 11) is 0. The summed E-state index contributed by atoms with van der Waals surface area (Å²) in [4.78, 5) is 0. The van der Waals surface area contributed by atoms with Crippen molar-refractivity contribution in [3.63, 3.8) is 0 Å². The summed E-state index contributed by atoms with van der Waals surface area (Å²) in [6, 6.07) is 8.93. The lowest BCUT2D eigenvalue weighted by atomic mass is 9.90. The third-order valence-electron chi connectivity index (χ3n) is 3.42. The van der Waals surface area contributed by atoms with E-state index in [2.05, 4.69) is 29.9 Å². The Kier molecular flexibility index (Phi) is 4.22. The summed E-state index contributed by atoms with van der Waals surface area (Å²) in [5, 5.41) is 0. The van der Waals surface area contributed by atoms with Crippen LogP contribution in [0.5, 0.6) is 5.75 Å². The second-order valence-electron chi connectivity index (χ2n) is 5.19. The van der Waals surface area contributed by atoms with Gasteiger partial charge in [-0.3, -0.25) is 5.43 Å². The van der Waals surface area contributed by atoms with Crippen molar-refractivity contribution >= 4 is 0 Å². The van der Waals surface area contributed by atoms with Gasteiger partial charge < -0.3 is 10.5 Å². The molecule has 1 aromatic rings. The molecular formula is C14H23N3O. The molecule has 4 heteroatoms. The Morgan fingerprint density at radius 1 is 1.22 bits per heavy atom. The third-order valence-corrected chi connectivity index (χ3v) is 3.42. The van der Waals surface area contributed by atoms with Gasteiger partial charge in [-0.05, 0) is 45.0 Å². The largest absolute Gasteiger partial charge is 0.491 e. The predicted molar refractivity (Wildman–Crippen MR) is 73.2 cm³/mol. The van der Waals surface area contributed by atoms with Crippen molar-refractivity contribution in [2.75, 3.05) is 6.54 Å². The van der Waals surface area contributed by atoms with Crippen LogP contribution in [0, 0.1) is 5.92 Å². The SMILES string of the molecule is CC(C)Oc1ccc(C2NNC(C)C2CN)cc1. The number of nitrogens with two attached hydrogens (primary N) is 1. The zero-order valence-corrected chi connectivity index (χ0v) is 11.3. The van der Waals surface area contributed by atoms with Gasteiger partial charge in [0.05, 0.1) is 12.1 Å². The van der Waals surface area contributed by atoms with E-state index in [1.807, 2.05) is 26.0 Å². The molecule has 1 aliphatic heterocycles. The lowest BCUT2D eigenvalue weighted by Gasteiger charge is -2.19. The molecule has 0 saturated carbocycles. The van der Waals surface area contributed by atoms with Crippen LogP contribution in [0.3, 0.4) is 0 Å². The Bertz CT molecular complexity index is 377. The number of hydrogen-bond acceptors (Lipinski definition) is 4. The summed E-state index contributed by atoms with van der Waals surface area (Å²) in [5.74, 6) is 1.33. The van der Waals surface area contributed by atoms with Crippen molar-refractivity contribution in [2.45, 2.75) is 39.0 Å². The molecule has 3 unspecified atom stereocenters. The highest BCUT2D eigenvalue weighted by Crippen LogP contribution is 2.29. The van der Waals surface area contributed by atoms with Crippen LogP contribution in [-0.4, -0.2) is 18.7 Å². The lowest BCUT2D eigenvalue weighted by molar-refractivity contribution is 0.242. The summed E-state index contributed by atoms with van der Waals surface area (Å²) in [5.41, 5.74) is 13.7. The number of hydrazine groups is 1. The third kappa shape index (κ3) is 2.83. The summed E-state index contributed by atoms with van der Waals surface area (Å²) < 4.78 is 5.65. The van der Waals surface area contributed by atoms with Gasteiger partial charge >= 0.3 is 0 Å². The molecule has 0 aromatic heterocycles. The number of hydrogen-bond donors (Lipinski definition) is 3. The molecule has 4 N–H and O–H groups in total. The Labute approximate surface area is 109 Å². The van der Waals surface area contributed by atoms with Crippen LogP contribution in [-0.2, 0) is 0 Å². The lowest BCUT2D eigenvalue weighted by Crippen LogP contribution is -2.30. The van der Waals surface area contributed by atoms with Crippen molar-refractivity contribution in [3.05, 3.63) is 29.8 Å². The van der Waals surface area contributed by atoms with Gasteiger partial charge in [0, 0.05) is 12.0 Å². The maximum Gasteiger partial charge on any atom is 0.119 e. The van der Waals surface area contributed by atoms with Gasteiger partial charge in [0.2, 0.25) is 0 Å². The smallest absolute Gasteiger partial charge is 0.119 e. The van der Waals surface area contributed by atoms with E-state index < -0.39 is 0 Å². The monoisotopic (exact) mass is 249 g/mol. The fourth-order valence-electron chi connectivity index (χ4n) is 2.42. The zero-order valence-electron chi connectivity index (χ0n) is 11.3. The highest BCUT2D eigenvalue weighted by Gasteiger charge is 2.32. The van der Waals surface area contributed by atoms with Crippen molar-refractivity contribution in [2.24, 2.45) is 11.7 Å². The first-order valence-electron chi connectivity index (χ1n) is 6.59. The first-order valence-corrected chi connectivity index (χ1v) is 6.59. The molecule has 0 radical (unpaired) electrons. The first-order chi connectivity index (χ1) is 8.61. The zero-order chi connectivity index (χ0) is 13.1. The van der Waals surface area contributed by atoms with Gasteiger partial charge in [-0.2, -0.15) is 0 Å². The van der Waals surface area contributed by atoms with Crippen LogP contribution in [0.15, 0.2) is 24.3 Å². The normalized spacial score (nSPS) is 27.7. The maximum atomic E-state index is 5.84. The highest BCUT2D eigenvalue weighted by atomic mass is 16.5. The fourth-order valence-corrected chi connectivity index (χ4v) is 2.42. The van der Waals surface area contributed by atoms with E-state index in [0.717, 1.165) is 5.75 Å². The minimum Gasteiger partial charge on any atom is -0.491 e. The molecule has 1 fully saturated rings. The molecule has 0 amide bonds. The minimum atomic E-state index is 0.207. The molecule has 2 rings (SSSR count). The minimum absolute atomic E-state index is 0.207. The van der Waals surface area contributed by atoms with Crippen LogP contribution in [0.4, 0.5) is 0 Å². The number of rotatable bonds is 4. The molecule has 0 aliphatic carbocycles. The van der Waals surface area contributed by atoms with Crippen molar-refractivity contribution in [1.29, 1.82) is 0 Å². The molecule has 3 atom stereocenters. The van der Waals surface area contributed by atoms with E-state index in [-0.39, 0.29) is 12.1 Å². The molecule has 0 bridgehead atoms. The van der Waals surface area contributed by atoms with Gasteiger partial charge in [-0.15, -0.1) is 0 Å². The highest BCUT2D eigenvalue weighted by molar-refractivity contribution is 5.30. The van der Waals surface area contributed by atoms with Gasteiger partial charge in [-0.25, -0.2) is 5.43 Å². The number of benzene rings is 1. The number of nitrogens with one attached hydrogen (secondary N) is 2. The Morgan fingerprint density at radius 3 is 2.44 bits per heavy atom. The second kappa shape index (κ2) is 5.69. The first kappa shape index (κ1) is 13.3. The second-order valence-corrected chi connectivity index (χ2v) is 5.19. The molecule has 1 heterocycles. The molecule has 1 saturated heterocycles. The topological polar surface area (TPSA) is 59.3 Å². The average molecular weight is 249 g/mol. The van der Waals surface area contributed by atoms with Crippen LogP contribution in [0.1, 0.15) is 32.4 Å². The van der Waals surface area contributed by atoms with Gasteiger partial charge in [0.25, 0.3) is 0 Å². The van der Waals surface area contributed by atoms with E-state index in [0.29, 0.717) is 18.5 Å². The molecule has 100 valence electrons. The van der Waals surface area contributed by atoms with Gasteiger partial charge in [0.15, 0.2) is 0 Å². The van der Waals surface area contributed by atoms with E-state index >= 15 is 0 Å². The van der Waals surface area contributed by atoms with E-state index in [4.69, 9.17) is 10.5 Å². The number of ether oxygens (including phenoxy) is 1. The van der Waals surface area contributed by atoms with E-state index in [1.54, 1.807) is 0 Å². The van der Waals surface area contributed by atoms with Gasteiger partial charge in [0.1, 0.15) is 5.75 Å².